The molecule has 0 radical (unpaired) electrons. The van der Waals surface area contributed by atoms with Gasteiger partial charge in [-0.15, -0.1) is 0 Å². The first-order valence-corrected chi connectivity index (χ1v) is 27.7. The highest BCUT2D eigenvalue weighted by Gasteiger charge is 2.73. The third kappa shape index (κ3) is 6.74. The van der Waals surface area contributed by atoms with E-state index in [0.29, 0.717) is 19.3 Å². The highest BCUT2D eigenvalue weighted by atomic mass is 16.5. The lowest BCUT2D eigenvalue weighted by Crippen LogP contribution is -2.65. The molecule has 0 aromatic carbocycles. The van der Waals surface area contributed by atoms with Crippen molar-refractivity contribution >= 4 is 35.1 Å². The van der Waals surface area contributed by atoms with Crippen molar-refractivity contribution in [2.45, 2.75) is 187 Å². The molecule has 0 aromatic rings. The van der Waals surface area contributed by atoms with Gasteiger partial charge in [-0.05, 0) is 158 Å². The highest BCUT2D eigenvalue weighted by molar-refractivity contribution is 6.04. The number of carbonyl (C=O) groups is 6. The van der Waals surface area contributed by atoms with Crippen LogP contribution in [0.3, 0.4) is 0 Å². The first kappa shape index (κ1) is 53.4. The van der Waals surface area contributed by atoms with Crippen LogP contribution in [0, 0.1) is 114 Å². The first-order valence-electron chi connectivity index (χ1n) is 27.7. The van der Waals surface area contributed by atoms with Crippen LogP contribution in [0.4, 0.5) is 0 Å². The van der Waals surface area contributed by atoms with Crippen LogP contribution in [-0.4, -0.2) is 47.3 Å². The number of nitrogens with zero attached hydrogens (tertiary/aromatic N) is 2. The van der Waals surface area contributed by atoms with Gasteiger partial charge in [0.15, 0.2) is 23.1 Å². The Morgan fingerprint density at radius 2 is 0.904 bits per heavy atom. The molecule has 0 bridgehead atoms. The molecule has 14 atom stereocenters. The standard InChI is InChI=1S/C32H43NO4.C31H41NO4/c1-27(2)12-14-32(26(36)37-9)15-13-31(7)24(19(32)17-27)21(34)16-23-29(5)18-20(33-8)25(35)28(3,4)22(29)10-11-30(23,31)6;1-26(2)11-13-31(25(35)36)14-12-30(7)23(18(31)16-26)20(33)15-22-28(5)17-19(32-8)24(34)27(3,4)21(28)9-10-29(22,30)6/h16,18-19,22,24H,10-15,17H2,1-7,9H3;15,17-18,21,23H,9-14,16H2,1-7H3,(H,35,36)/t19?,22-,24?,29-,30+,31+,32-;18?,21-,23?,28-,29+,30+,31-/m00/s1. The minimum atomic E-state index is -0.825. The molecule has 10 nitrogen and oxygen atoms in total. The van der Waals surface area contributed by atoms with E-state index in [1.165, 1.54) is 7.11 Å². The molecule has 6 fully saturated rings. The molecule has 4 unspecified atom stereocenters. The fraction of sp³-hybridized carbons (Fsp3) is 0.746. The Morgan fingerprint density at radius 1 is 0.548 bits per heavy atom. The lowest BCUT2D eigenvalue weighted by atomic mass is 9.34. The minimum absolute atomic E-state index is 0.0116. The number of Topliss-reactive ketones (excluding diaryl/α,β-unsaturated/α-hetero) is 2. The van der Waals surface area contributed by atoms with Crippen molar-refractivity contribution in [1.82, 2.24) is 0 Å². The minimum Gasteiger partial charge on any atom is -0.481 e. The van der Waals surface area contributed by atoms with E-state index in [1.807, 2.05) is 52.0 Å². The second-order valence-corrected chi connectivity index (χ2v) is 29.6. The van der Waals surface area contributed by atoms with E-state index in [0.717, 1.165) is 81.8 Å². The molecule has 0 aromatic heterocycles. The van der Waals surface area contributed by atoms with Gasteiger partial charge in [0.1, 0.15) is 0 Å². The molecule has 10 rings (SSSR count). The number of hydrogen-bond donors (Lipinski definition) is 1. The van der Waals surface area contributed by atoms with Gasteiger partial charge in [-0.1, -0.05) is 120 Å². The van der Waals surface area contributed by atoms with Gasteiger partial charge >= 0.3 is 11.9 Å². The van der Waals surface area contributed by atoms with Gasteiger partial charge in [0, 0.05) is 33.5 Å². The fourth-order valence-electron chi connectivity index (χ4n) is 20.1. The molecule has 10 heteroatoms. The number of allylic oxidation sites excluding steroid dienone is 8. The van der Waals surface area contributed by atoms with Crippen LogP contribution in [0.25, 0.3) is 9.69 Å². The van der Waals surface area contributed by atoms with Gasteiger partial charge in [0.25, 0.3) is 0 Å². The summed E-state index contributed by atoms with van der Waals surface area (Å²) in [5, 5.41) is 10.5. The number of methoxy groups -OCH3 is 1. The molecule has 0 spiro atoms. The number of hydrogen-bond acceptors (Lipinski definition) is 7. The Bertz CT molecular complexity index is 2750. The van der Waals surface area contributed by atoms with E-state index in [9.17, 15) is 33.9 Å². The van der Waals surface area contributed by atoms with E-state index in [4.69, 9.17) is 17.9 Å². The molecular formula is C63H84N2O8. The van der Waals surface area contributed by atoms with Crippen molar-refractivity contribution in [2.24, 2.45) is 100 Å². The van der Waals surface area contributed by atoms with Crippen LogP contribution in [0.2, 0.25) is 0 Å². The molecule has 10 aliphatic carbocycles. The molecule has 0 amide bonds. The van der Waals surface area contributed by atoms with Crippen LogP contribution in [-0.2, 0) is 33.5 Å². The van der Waals surface area contributed by atoms with Gasteiger partial charge in [-0.2, -0.15) is 0 Å². The largest absolute Gasteiger partial charge is 0.481 e. The highest BCUT2D eigenvalue weighted by Crippen LogP contribution is 2.77. The van der Waals surface area contributed by atoms with Gasteiger partial charge in [-0.25, -0.2) is 9.69 Å². The van der Waals surface area contributed by atoms with Gasteiger partial charge in [0.05, 0.1) is 31.1 Å². The molecule has 0 aliphatic heterocycles. The normalized spacial score (nSPS) is 46.2. The Morgan fingerprint density at radius 3 is 1.27 bits per heavy atom. The van der Waals surface area contributed by atoms with Crippen molar-refractivity contribution < 1.29 is 38.6 Å². The molecule has 73 heavy (non-hydrogen) atoms. The van der Waals surface area contributed by atoms with Crippen LogP contribution < -0.4 is 0 Å². The number of rotatable bonds is 2. The summed E-state index contributed by atoms with van der Waals surface area (Å²) in [5.74, 6) is -1.59. The zero-order valence-electron chi connectivity index (χ0n) is 46.9. The predicted molar refractivity (Wildman–Crippen MR) is 279 cm³/mol. The molecule has 0 saturated heterocycles. The zero-order chi connectivity index (χ0) is 54.1. The predicted octanol–water partition coefficient (Wildman–Crippen LogP) is 13.4. The summed E-state index contributed by atoms with van der Waals surface area (Å²) in [6.45, 7) is 45.7. The van der Waals surface area contributed by atoms with Crippen molar-refractivity contribution in [3.05, 3.63) is 69.7 Å². The summed E-state index contributed by atoms with van der Waals surface area (Å²) in [6.07, 6.45) is 18.7. The molecule has 394 valence electrons. The van der Waals surface area contributed by atoms with Gasteiger partial charge < -0.3 is 19.4 Å². The van der Waals surface area contributed by atoms with Crippen LogP contribution in [0.15, 0.2) is 46.8 Å². The number of aliphatic carboxylic acids is 1. The van der Waals surface area contributed by atoms with Crippen LogP contribution in [0.1, 0.15) is 187 Å². The summed E-state index contributed by atoms with van der Waals surface area (Å²) >= 11 is 0. The average molecular weight is 997 g/mol. The molecule has 1 N–H and O–H groups in total. The zero-order valence-corrected chi connectivity index (χ0v) is 46.9. The van der Waals surface area contributed by atoms with E-state index in [2.05, 4.69) is 78.9 Å². The van der Waals surface area contributed by atoms with Crippen molar-refractivity contribution in [3.8, 4) is 0 Å². The molecule has 10 aliphatic rings. The summed E-state index contributed by atoms with van der Waals surface area (Å²) < 4.78 is 5.41. The number of carboxylic acids is 1. The number of ether oxygens (including phenoxy) is 1. The van der Waals surface area contributed by atoms with Crippen molar-refractivity contribution in [1.29, 1.82) is 0 Å². The SMILES string of the molecule is [C-]#[N+]C1=C[C@]2(C)C3=CC(=O)C4C5CC(C)(C)CC[C@]5(C(=O)O)CC[C@@]4(C)[C@]3(C)CC[C@H]2C(C)(C)C1=O.[C-]#[N+]C1=C[C@]2(C)C3=CC(=O)C4C5CC(C)(C)CC[C@]5(C(=O)OC)CC[C@@]4(C)[C@]3(C)CC[C@H]2C(C)(C)C1=O. The Balaban J connectivity index is 0.000000180. The maximum absolute atomic E-state index is 14.4. The van der Waals surface area contributed by atoms with E-state index < -0.39 is 38.5 Å². The Hall–Kier alpha value is -4.44. The maximum Gasteiger partial charge on any atom is 0.312 e. The summed E-state index contributed by atoms with van der Waals surface area (Å²) in [4.78, 5) is 88.4. The maximum atomic E-state index is 14.4. The number of ketones is 4. The second kappa shape index (κ2) is 16.0. The third-order valence-electron chi connectivity index (χ3n) is 24.7. The fourth-order valence-corrected chi connectivity index (χ4v) is 20.1. The van der Waals surface area contributed by atoms with Gasteiger partial charge in [0.2, 0.25) is 11.4 Å². The number of carbonyl (C=O) groups excluding carboxylic acids is 5. The van der Waals surface area contributed by atoms with Crippen LogP contribution >= 0.6 is 0 Å². The van der Waals surface area contributed by atoms with E-state index in [1.54, 1.807) is 0 Å². The second-order valence-electron chi connectivity index (χ2n) is 29.6. The Kier molecular flexibility index (Phi) is 11.7. The lowest BCUT2D eigenvalue weighted by Gasteiger charge is -2.68. The monoisotopic (exact) mass is 997 g/mol. The van der Waals surface area contributed by atoms with Crippen molar-refractivity contribution in [3.63, 3.8) is 0 Å². The van der Waals surface area contributed by atoms with E-state index >= 15 is 0 Å². The summed E-state index contributed by atoms with van der Waals surface area (Å²) in [7, 11) is 1.49. The Labute approximate surface area is 436 Å². The van der Waals surface area contributed by atoms with Gasteiger partial charge in [-0.3, -0.25) is 19.2 Å². The molecular weight excluding hydrogens is 913 g/mol. The lowest BCUT2D eigenvalue weighted by molar-refractivity contribution is -0.191. The number of carboxylic acid groups (broad SMARTS) is 1. The summed E-state index contributed by atoms with van der Waals surface area (Å²) in [5.41, 5.74) is -2.45. The van der Waals surface area contributed by atoms with Crippen molar-refractivity contribution in [2.75, 3.05) is 7.11 Å². The average Bonchev–Trinajstić information content (AvgIpc) is 3.30. The molecule has 6 saturated carbocycles. The topological polar surface area (TPSA) is 141 Å². The van der Waals surface area contributed by atoms with Crippen LogP contribution in [0.5, 0.6) is 0 Å². The number of fused-ring (bicyclic) bond motifs is 14. The van der Waals surface area contributed by atoms with E-state index in [-0.39, 0.29) is 108 Å². The third-order valence-corrected chi connectivity index (χ3v) is 24.7. The summed E-state index contributed by atoms with van der Waals surface area (Å²) in [6, 6.07) is 0. The first-order chi connectivity index (χ1) is 33.5. The molecule has 0 heterocycles. The quantitative estimate of drug-likeness (QED) is 0.213. The number of esters is 1. The smallest absolute Gasteiger partial charge is 0.312 e.